The summed E-state index contributed by atoms with van der Waals surface area (Å²) in [6, 6.07) is 16.2. The van der Waals surface area contributed by atoms with Crippen molar-refractivity contribution < 1.29 is 17.4 Å². The number of para-hydroxylation sites is 1. The molecule has 0 radical (unpaired) electrons. The van der Waals surface area contributed by atoms with Crippen LogP contribution in [0.1, 0.15) is 11.1 Å². The lowest BCUT2D eigenvalue weighted by molar-refractivity contribution is -0.122. The van der Waals surface area contributed by atoms with E-state index < -0.39 is 10.1 Å². The zero-order chi connectivity index (χ0) is 18.7. The van der Waals surface area contributed by atoms with Gasteiger partial charge in [-0.2, -0.15) is 8.42 Å². The monoisotopic (exact) mass is 405 g/mol. The smallest absolute Gasteiger partial charge is 0.306 e. The summed E-state index contributed by atoms with van der Waals surface area (Å²) in [5, 5.41) is 0. The number of nitrogens with zero attached hydrogens (tertiary/aromatic N) is 1. The molecule has 0 aromatic heterocycles. The van der Waals surface area contributed by atoms with Crippen LogP contribution in [0.4, 0.5) is 0 Å². The van der Waals surface area contributed by atoms with Crippen LogP contribution in [0, 0.1) is 0 Å². The van der Waals surface area contributed by atoms with Gasteiger partial charge >= 0.3 is 10.1 Å². The Morgan fingerprint density at radius 1 is 1.12 bits per heavy atom. The summed E-state index contributed by atoms with van der Waals surface area (Å²) in [6.07, 6.45) is 2.58. The number of rotatable bonds is 5. The molecule has 8 heteroatoms. The van der Waals surface area contributed by atoms with Crippen molar-refractivity contribution >= 4 is 50.4 Å². The highest BCUT2D eigenvalue weighted by atomic mass is 32.2. The van der Waals surface area contributed by atoms with Crippen molar-refractivity contribution in [3.8, 4) is 5.75 Å². The van der Waals surface area contributed by atoms with Gasteiger partial charge in [0.2, 0.25) is 0 Å². The lowest BCUT2D eigenvalue weighted by Gasteiger charge is -2.14. The van der Waals surface area contributed by atoms with E-state index in [1.54, 1.807) is 24.3 Å². The Kier molecular flexibility index (Phi) is 5.45. The van der Waals surface area contributed by atoms with Crippen LogP contribution < -0.4 is 4.18 Å². The van der Waals surface area contributed by atoms with E-state index in [2.05, 4.69) is 0 Å². The fraction of sp³-hybridized carbons (Fsp3) is 0.111. The van der Waals surface area contributed by atoms with Gasteiger partial charge in [-0.15, -0.1) is 0 Å². The molecule has 2 aromatic rings. The lowest BCUT2D eigenvalue weighted by atomic mass is 10.2. The van der Waals surface area contributed by atoms with Crippen LogP contribution in [-0.4, -0.2) is 29.8 Å². The Labute approximate surface area is 161 Å². The number of thiocarbonyl (C=S) groups is 1. The van der Waals surface area contributed by atoms with Crippen molar-refractivity contribution in [2.45, 2.75) is 6.54 Å². The average Bonchev–Trinajstić information content (AvgIpc) is 2.84. The highest BCUT2D eigenvalue weighted by Crippen LogP contribution is 2.35. The van der Waals surface area contributed by atoms with Crippen LogP contribution in [0.15, 0.2) is 59.5 Å². The predicted molar refractivity (Wildman–Crippen MR) is 107 cm³/mol. The second-order valence-electron chi connectivity index (χ2n) is 5.58. The molecule has 0 aliphatic carbocycles. The normalized spacial score (nSPS) is 16.3. The number of benzene rings is 2. The van der Waals surface area contributed by atoms with Gasteiger partial charge in [0, 0.05) is 5.56 Å². The Morgan fingerprint density at radius 3 is 2.46 bits per heavy atom. The highest BCUT2D eigenvalue weighted by Gasteiger charge is 2.32. The first-order valence-corrected chi connectivity index (χ1v) is 10.7. The van der Waals surface area contributed by atoms with Crippen molar-refractivity contribution in [1.82, 2.24) is 4.90 Å². The van der Waals surface area contributed by atoms with Crippen molar-refractivity contribution in [3.05, 3.63) is 70.6 Å². The first-order valence-electron chi connectivity index (χ1n) is 7.61. The van der Waals surface area contributed by atoms with Gasteiger partial charge in [-0.05, 0) is 17.7 Å². The largest absolute Gasteiger partial charge is 0.382 e. The van der Waals surface area contributed by atoms with Crippen molar-refractivity contribution in [3.63, 3.8) is 0 Å². The predicted octanol–water partition coefficient (Wildman–Crippen LogP) is 3.43. The molecule has 1 amide bonds. The minimum atomic E-state index is -3.67. The zero-order valence-electron chi connectivity index (χ0n) is 13.8. The summed E-state index contributed by atoms with van der Waals surface area (Å²) in [5.74, 6) is -0.0404. The van der Waals surface area contributed by atoms with E-state index in [4.69, 9.17) is 16.4 Å². The molecule has 0 spiro atoms. The molecule has 0 atom stereocenters. The average molecular weight is 406 g/mol. The summed E-state index contributed by atoms with van der Waals surface area (Å²) < 4.78 is 28.3. The minimum absolute atomic E-state index is 0.170. The molecule has 2 aromatic carbocycles. The number of hydrogen-bond donors (Lipinski definition) is 0. The first kappa shape index (κ1) is 18.6. The Hall–Kier alpha value is -2.16. The fourth-order valence-corrected chi connectivity index (χ4v) is 4.11. The van der Waals surface area contributed by atoms with Crippen LogP contribution in [0.3, 0.4) is 0 Å². The van der Waals surface area contributed by atoms with Gasteiger partial charge in [0.05, 0.1) is 17.7 Å². The number of hydrogen-bond acceptors (Lipinski definition) is 6. The molecule has 26 heavy (non-hydrogen) atoms. The second-order valence-corrected chi connectivity index (χ2v) is 8.83. The standard InChI is InChI=1S/C18H15NO4S3/c1-26(21,22)23-15-10-6-5-9-14(15)11-16-17(20)19(18(24)25-16)12-13-7-3-2-4-8-13/h2-11H,12H2,1H3/b16-11-. The van der Waals surface area contributed by atoms with Gasteiger partial charge in [-0.1, -0.05) is 72.5 Å². The van der Waals surface area contributed by atoms with Gasteiger partial charge in [-0.25, -0.2) is 0 Å². The van der Waals surface area contributed by atoms with E-state index in [0.29, 0.717) is 21.3 Å². The molecule has 0 bridgehead atoms. The molecular weight excluding hydrogens is 390 g/mol. The van der Waals surface area contributed by atoms with Crippen LogP contribution in [0.2, 0.25) is 0 Å². The maximum absolute atomic E-state index is 12.7. The van der Waals surface area contributed by atoms with Gasteiger partial charge in [-0.3, -0.25) is 9.69 Å². The summed E-state index contributed by atoms with van der Waals surface area (Å²) in [6.45, 7) is 0.393. The van der Waals surface area contributed by atoms with Crippen molar-refractivity contribution in [2.24, 2.45) is 0 Å². The Balaban J connectivity index is 1.87. The lowest BCUT2D eigenvalue weighted by Crippen LogP contribution is -2.27. The van der Waals surface area contributed by atoms with Crippen LogP contribution >= 0.6 is 24.0 Å². The third-order valence-electron chi connectivity index (χ3n) is 3.50. The third-order valence-corrected chi connectivity index (χ3v) is 5.36. The summed E-state index contributed by atoms with van der Waals surface area (Å²) in [7, 11) is -3.67. The molecule has 5 nitrogen and oxygen atoms in total. The molecule has 134 valence electrons. The zero-order valence-corrected chi connectivity index (χ0v) is 16.2. The molecule has 1 aliphatic heterocycles. The molecular formula is C18H15NO4S3. The maximum atomic E-state index is 12.7. The van der Waals surface area contributed by atoms with Gasteiger partial charge < -0.3 is 4.18 Å². The van der Waals surface area contributed by atoms with Gasteiger partial charge in [0.15, 0.2) is 0 Å². The molecule has 0 saturated carbocycles. The second kappa shape index (κ2) is 7.61. The SMILES string of the molecule is CS(=O)(=O)Oc1ccccc1/C=C1\SC(=S)N(Cc2ccccc2)C1=O. The van der Waals surface area contributed by atoms with E-state index >= 15 is 0 Å². The molecule has 0 unspecified atom stereocenters. The first-order chi connectivity index (χ1) is 12.3. The van der Waals surface area contributed by atoms with Gasteiger partial charge in [0.1, 0.15) is 10.1 Å². The minimum Gasteiger partial charge on any atom is -0.382 e. The van der Waals surface area contributed by atoms with Crippen molar-refractivity contribution in [1.29, 1.82) is 0 Å². The molecule has 1 fully saturated rings. The van der Waals surface area contributed by atoms with Gasteiger partial charge in [0.25, 0.3) is 5.91 Å². The highest BCUT2D eigenvalue weighted by molar-refractivity contribution is 8.26. The van der Waals surface area contributed by atoms with Crippen LogP contribution in [0.25, 0.3) is 6.08 Å². The molecule has 0 N–H and O–H groups in total. The van der Waals surface area contributed by atoms with Crippen LogP contribution in [-0.2, 0) is 21.5 Å². The van der Waals surface area contributed by atoms with Crippen LogP contribution in [0.5, 0.6) is 5.75 Å². The Morgan fingerprint density at radius 2 is 1.77 bits per heavy atom. The third kappa shape index (κ3) is 4.51. The molecule has 1 aliphatic rings. The molecule has 3 rings (SSSR count). The quantitative estimate of drug-likeness (QED) is 0.431. The number of thioether (sulfide) groups is 1. The summed E-state index contributed by atoms with van der Waals surface area (Å²) >= 11 is 6.52. The van der Waals surface area contributed by atoms with E-state index in [-0.39, 0.29) is 11.7 Å². The maximum Gasteiger partial charge on any atom is 0.306 e. The number of carbonyl (C=O) groups is 1. The van der Waals surface area contributed by atoms with E-state index in [1.807, 2.05) is 30.3 Å². The Bertz CT molecular complexity index is 985. The molecule has 1 heterocycles. The van der Waals surface area contributed by atoms with E-state index in [9.17, 15) is 13.2 Å². The summed E-state index contributed by atoms with van der Waals surface area (Å²) in [4.78, 5) is 14.7. The number of carbonyl (C=O) groups excluding carboxylic acids is 1. The fourth-order valence-electron chi connectivity index (χ4n) is 2.38. The van der Waals surface area contributed by atoms with Crippen molar-refractivity contribution in [2.75, 3.05) is 6.26 Å². The van der Waals surface area contributed by atoms with E-state index in [1.165, 1.54) is 22.7 Å². The number of amides is 1. The van der Waals surface area contributed by atoms with E-state index in [0.717, 1.165) is 11.8 Å². The summed E-state index contributed by atoms with van der Waals surface area (Å²) in [5.41, 5.74) is 1.48. The molecule has 1 saturated heterocycles. The topological polar surface area (TPSA) is 63.7 Å².